The fourth-order valence-corrected chi connectivity index (χ4v) is 3.16. The van der Waals surface area contributed by atoms with Gasteiger partial charge in [-0.05, 0) is 25.8 Å². The number of carbonyl (C=O) groups excluding carboxylic acids is 1. The molecule has 0 spiro atoms. The van der Waals surface area contributed by atoms with Gasteiger partial charge in [0.1, 0.15) is 0 Å². The number of benzene rings is 1. The third-order valence-electron chi connectivity index (χ3n) is 4.69. The van der Waals surface area contributed by atoms with Crippen LogP contribution in [0.5, 0.6) is 0 Å². The maximum Gasteiger partial charge on any atom is 0.243 e. The van der Waals surface area contributed by atoms with Crippen molar-refractivity contribution < 1.29 is 9.32 Å². The van der Waals surface area contributed by atoms with Crippen molar-refractivity contribution >= 4 is 30.7 Å². The molecule has 27 heavy (non-hydrogen) atoms. The molecule has 2 aromatic rings. The van der Waals surface area contributed by atoms with Gasteiger partial charge in [0.2, 0.25) is 11.8 Å². The van der Waals surface area contributed by atoms with E-state index in [9.17, 15) is 4.79 Å². The lowest BCUT2D eigenvalue weighted by Crippen LogP contribution is -2.53. The van der Waals surface area contributed by atoms with Crippen molar-refractivity contribution in [1.82, 2.24) is 19.9 Å². The van der Waals surface area contributed by atoms with Gasteiger partial charge in [0.15, 0.2) is 5.82 Å². The molecule has 3 rings (SSSR count). The van der Waals surface area contributed by atoms with Gasteiger partial charge in [-0.25, -0.2) is 0 Å². The zero-order chi connectivity index (χ0) is 17.8. The van der Waals surface area contributed by atoms with Gasteiger partial charge in [0, 0.05) is 26.2 Å². The summed E-state index contributed by atoms with van der Waals surface area (Å²) < 4.78 is 5.25. The van der Waals surface area contributed by atoms with Crippen LogP contribution >= 0.6 is 24.8 Å². The molecule has 0 aliphatic carbocycles. The van der Waals surface area contributed by atoms with E-state index in [-0.39, 0.29) is 36.8 Å². The predicted octanol–water partition coefficient (Wildman–Crippen LogP) is 2.00. The molecular weight excluding hydrogens is 389 g/mol. The summed E-state index contributed by atoms with van der Waals surface area (Å²) in [6, 6.07) is 9.44. The summed E-state index contributed by atoms with van der Waals surface area (Å²) in [5, 5.41) is 3.84. The highest BCUT2D eigenvalue weighted by molar-refractivity contribution is 5.85. The van der Waals surface area contributed by atoms with Crippen LogP contribution in [-0.4, -0.2) is 58.1 Å². The number of rotatable bonds is 5. The van der Waals surface area contributed by atoms with Crippen molar-refractivity contribution in [3.8, 4) is 0 Å². The van der Waals surface area contributed by atoms with Crippen LogP contribution in [0.25, 0.3) is 0 Å². The number of piperazine rings is 1. The van der Waals surface area contributed by atoms with Crippen LogP contribution in [0.4, 0.5) is 0 Å². The minimum atomic E-state index is -0.495. The Kier molecular flexibility index (Phi) is 9.18. The number of carbonyl (C=O) groups is 1. The number of hydrogen-bond acceptors (Lipinski definition) is 6. The van der Waals surface area contributed by atoms with E-state index in [4.69, 9.17) is 10.3 Å². The van der Waals surface area contributed by atoms with Gasteiger partial charge >= 0.3 is 0 Å². The molecule has 150 valence electrons. The molecule has 2 heterocycles. The molecule has 1 aromatic carbocycles. The normalized spacial score (nSPS) is 16.8. The molecule has 7 nitrogen and oxygen atoms in total. The number of nitrogens with two attached hydrogens (primary N) is 1. The summed E-state index contributed by atoms with van der Waals surface area (Å²) in [5.41, 5.74) is 7.22. The fourth-order valence-electron chi connectivity index (χ4n) is 3.16. The van der Waals surface area contributed by atoms with Gasteiger partial charge < -0.3 is 15.2 Å². The maximum absolute atomic E-state index is 12.6. The molecule has 1 aromatic heterocycles. The van der Waals surface area contributed by atoms with Crippen molar-refractivity contribution in [3.05, 3.63) is 47.6 Å². The van der Waals surface area contributed by atoms with Crippen LogP contribution in [0.2, 0.25) is 0 Å². The summed E-state index contributed by atoms with van der Waals surface area (Å²) in [4.78, 5) is 21.0. The van der Waals surface area contributed by atoms with Crippen molar-refractivity contribution in [1.29, 1.82) is 0 Å². The first kappa shape index (κ1) is 23.4. The first-order valence-electron chi connectivity index (χ1n) is 8.67. The van der Waals surface area contributed by atoms with E-state index in [1.54, 1.807) is 0 Å². The molecule has 0 bridgehead atoms. The van der Waals surface area contributed by atoms with Crippen molar-refractivity contribution in [2.24, 2.45) is 5.73 Å². The second-order valence-electron chi connectivity index (χ2n) is 6.51. The van der Waals surface area contributed by atoms with Crippen LogP contribution in [0.1, 0.15) is 30.2 Å². The minimum Gasteiger partial charge on any atom is -0.339 e. The lowest BCUT2D eigenvalue weighted by atomic mass is 10.1. The van der Waals surface area contributed by atoms with E-state index in [1.165, 1.54) is 0 Å². The molecule has 1 aliphatic rings. The van der Waals surface area contributed by atoms with Gasteiger partial charge in [0.25, 0.3) is 0 Å². The Labute approximate surface area is 172 Å². The first-order chi connectivity index (χ1) is 12.0. The van der Waals surface area contributed by atoms with Gasteiger partial charge in [-0.1, -0.05) is 35.5 Å². The van der Waals surface area contributed by atoms with Gasteiger partial charge in [-0.2, -0.15) is 4.98 Å². The Morgan fingerprint density at radius 2 is 1.81 bits per heavy atom. The Bertz CT molecular complexity index is 705. The molecule has 2 N–H and O–H groups in total. The predicted molar refractivity (Wildman–Crippen MR) is 108 cm³/mol. The molecule has 1 saturated heterocycles. The molecule has 2 unspecified atom stereocenters. The highest BCUT2D eigenvalue weighted by Crippen LogP contribution is 2.20. The van der Waals surface area contributed by atoms with Gasteiger partial charge in [-0.3, -0.25) is 9.69 Å². The third-order valence-corrected chi connectivity index (χ3v) is 4.69. The Morgan fingerprint density at radius 3 is 2.37 bits per heavy atom. The summed E-state index contributed by atoms with van der Waals surface area (Å²) in [5.74, 6) is 1.28. The van der Waals surface area contributed by atoms with Crippen LogP contribution in [-0.2, 0) is 11.2 Å². The Morgan fingerprint density at radius 1 is 1.19 bits per heavy atom. The van der Waals surface area contributed by atoms with E-state index >= 15 is 0 Å². The number of hydrogen-bond donors (Lipinski definition) is 1. The number of nitrogens with zero attached hydrogens (tertiary/aromatic N) is 4. The molecule has 1 fully saturated rings. The Hall–Kier alpha value is -1.67. The lowest BCUT2D eigenvalue weighted by molar-refractivity contribution is -0.134. The highest BCUT2D eigenvalue weighted by atomic mass is 35.5. The average molecular weight is 416 g/mol. The molecular formula is C18H27Cl2N5O2. The van der Waals surface area contributed by atoms with Crippen LogP contribution < -0.4 is 5.73 Å². The van der Waals surface area contributed by atoms with Crippen LogP contribution in [0, 0.1) is 6.92 Å². The zero-order valence-electron chi connectivity index (χ0n) is 15.6. The van der Waals surface area contributed by atoms with E-state index in [1.807, 2.05) is 49.1 Å². The SMILES string of the molecule is Cc1noc(C(C)N2CCN(C(=O)C(N)Cc3ccccc3)CC2)n1.Cl.Cl. The molecule has 0 radical (unpaired) electrons. The van der Waals surface area contributed by atoms with Crippen molar-refractivity contribution in [2.75, 3.05) is 26.2 Å². The number of amides is 1. The zero-order valence-corrected chi connectivity index (χ0v) is 17.2. The standard InChI is InChI=1S/C18H25N5O2.2ClH/c1-13(17-20-14(2)21-25-17)22-8-10-23(11-9-22)18(24)16(19)12-15-6-4-3-5-7-15;;/h3-7,13,16H,8-12,19H2,1-2H3;2*1H. The molecule has 0 saturated carbocycles. The monoisotopic (exact) mass is 415 g/mol. The summed E-state index contributed by atoms with van der Waals surface area (Å²) in [7, 11) is 0. The number of halogens is 2. The smallest absolute Gasteiger partial charge is 0.243 e. The van der Waals surface area contributed by atoms with Gasteiger partial charge in [-0.15, -0.1) is 24.8 Å². The average Bonchev–Trinajstić information content (AvgIpc) is 3.08. The largest absolute Gasteiger partial charge is 0.339 e. The first-order valence-corrected chi connectivity index (χ1v) is 8.67. The quantitative estimate of drug-likeness (QED) is 0.802. The van der Waals surface area contributed by atoms with Crippen molar-refractivity contribution in [3.63, 3.8) is 0 Å². The van der Waals surface area contributed by atoms with E-state index in [0.717, 1.165) is 18.7 Å². The Balaban J connectivity index is 0.00000182. The maximum atomic E-state index is 12.6. The number of aryl methyl sites for hydroxylation is 1. The summed E-state index contributed by atoms with van der Waals surface area (Å²) in [6.07, 6.45) is 0.567. The summed E-state index contributed by atoms with van der Waals surface area (Å²) >= 11 is 0. The highest BCUT2D eigenvalue weighted by Gasteiger charge is 2.29. The number of aromatic nitrogens is 2. The topological polar surface area (TPSA) is 88.5 Å². The van der Waals surface area contributed by atoms with E-state index in [0.29, 0.717) is 31.2 Å². The molecule has 1 amide bonds. The lowest BCUT2D eigenvalue weighted by Gasteiger charge is -2.37. The van der Waals surface area contributed by atoms with E-state index < -0.39 is 6.04 Å². The second-order valence-corrected chi connectivity index (χ2v) is 6.51. The molecule has 9 heteroatoms. The fraction of sp³-hybridized carbons (Fsp3) is 0.500. The minimum absolute atomic E-state index is 0. The second kappa shape index (κ2) is 10.6. The van der Waals surface area contributed by atoms with Gasteiger partial charge in [0.05, 0.1) is 12.1 Å². The molecule has 1 aliphatic heterocycles. The van der Waals surface area contributed by atoms with Crippen molar-refractivity contribution in [2.45, 2.75) is 32.4 Å². The van der Waals surface area contributed by atoms with Crippen LogP contribution in [0.15, 0.2) is 34.9 Å². The summed E-state index contributed by atoms with van der Waals surface area (Å²) in [6.45, 7) is 6.73. The third kappa shape index (κ3) is 5.90. The molecule has 2 atom stereocenters. The van der Waals surface area contributed by atoms with Crippen LogP contribution in [0.3, 0.4) is 0 Å². The van der Waals surface area contributed by atoms with E-state index in [2.05, 4.69) is 15.0 Å².